The molecule has 0 saturated heterocycles. The zero-order valence-corrected chi connectivity index (χ0v) is 17.6. The molecule has 0 atom stereocenters. The summed E-state index contributed by atoms with van der Waals surface area (Å²) in [6.07, 6.45) is 0. The molecule has 0 radical (unpaired) electrons. The molecule has 0 saturated carbocycles. The molecule has 10 heteroatoms. The second-order valence-electron chi connectivity index (χ2n) is 6.15. The summed E-state index contributed by atoms with van der Waals surface area (Å²) in [4.78, 5) is 24.4. The Hall–Kier alpha value is -2.91. The molecule has 0 unspecified atom stereocenters. The third kappa shape index (κ3) is 5.58. The molecule has 0 spiro atoms. The van der Waals surface area contributed by atoms with Gasteiger partial charge in [-0.15, -0.1) is 10.2 Å². The van der Waals surface area contributed by atoms with Gasteiger partial charge in [0.1, 0.15) is 5.82 Å². The lowest BCUT2D eigenvalue weighted by Crippen LogP contribution is -2.25. The fourth-order valence-electron chi connectivity index (χ4n) is 2.63. The van der Waals surface area contributed by atoms with Crippen LogP contribution >= 0.6 is 23.4 Å². The van der Waals surface area contributed by atoms with Crippen molar-refractivity contribution in [2.24, 2.45) is 0 Å². The van der Waals surface area contributed by atoms with Crippen LogP contribution in [0.5, 0.6) is 0 Å². The van der Waals surface area contributed by atoms with E-state index in [1.54, 1.807) is 24.3 Å². The molecule has 0 fully saturated rings. The van der Waals surface area contributed by atoms with Crippen LogP contribution in [0.4, 0.5) is 10.1 Å². The second-order valence-corrected chi connectivity index (χ2v) is 7.50. The van der Waals surface area contributed by atoms with Gasteiger partial charge in [0, 0.05) is 12.2 Å². The maximum atomic E-state index is 12.9. The van der Waals surface area contributed by atoms with Crippen LogP contribution in [0.3, 0.4) is 0 Å². The van der Waals surface area contributed by atoms with Crippen LogP contribution in [0.15, 0.2) is 53.7 Å². The molecular formula is C20H19ClFN5O2S. The van der Waals surface area contributed by atoms with Gasteiger partial charge in [-0.2, -0.15) is 0 Å². The van der Waals surface area contributed by atoms with Crippen molar-refractivity contribution < 1.29 is 14.0 Å². The van der Waals surface area contributed by atoms with Crippen LogP contribution in [0.2, 0.25) is 5.02 Å². The number of hydrogen-bond donors (Lipinski definition) is 2. The second kappa shape index (κ2) is 10.2. The summed E-state index contributed by atoms with van der Waals surface area (Å²) >= 11 is 7.27. The number of carbonyl (C=O) groups excluding carboxylic acids is 2. The number of thioether (sulfide) groups is 1. The first-order valence-electron chi connectivity index (χ1n) is 9.11. The minimum absolute atomic E-state index is 0.113. The Kier molecular flexibility index (Phi) is 7.42. The highest BCUT2D eigenvalue weighted by Gasteiger charge is 2.15. The van der Waals surface area contributed by atoms with Crippen molar-refractivity contribution in [3.05, 3.63) is 70.8 Å². The highest BCUT2D eigenvalue weighted by molar-refractivity contribution is 7.99. The summed E-state index contributed by atoms with van der Waals surface area (Å²) in [7, 11) is 0. The Bertz CT molecular complexity index is 1040. The zero-order chi connectivity index (χ0) is 21.5. The monoisotopic (exact) mass is 447 g/mol. The van der Waals surface area contributed by atoms with Crippen molar-refractivity contribution in [1.29, 1.82) is 0 Å². The van der Waals surface area contributed by atoms with E-state index in [1.807, 2.05) is 11.5 Å². The lowest BCUT2D eigenvalue weighted by Gasteiger charge is -2.09. The predicted octanol–water partition coefficient (Wildman–Crippen LogP) is 3.75. The number of nitrogens with zero attached hydrogens (tertiary/aromatic N) is 3. The fourth-order valence-corrected chi connectivity index (χ4v) is 3.68. The van der Waals surface area contributed by atoms with Crippen molar-refractivity contribution >= 4 is 40.9 Å². The van der Waals surface area contributed by atoms with E-state index in [0.29, 0.717) is 33.8 Å². The summed E-state index contributed by atoms with van der Waals surface area (Å²) in [5.74, 6) is -0.238. The maximum Gasteiger partial charge on any atom is 0.253 e. The molecule has 0 bridgehead atoms. The van der Waals surface area contributed by atoms with E-state index in [2.05, 4.69) is 20.8 Å². The van der Waals surface area contributed by atoms with Crippen molar-refractivity contribution in [1.82, 2.24) is 20.1 Å². The molecule has 1 heterocycles. The van der Waals surface area contributed by atoms with Crippen LogP contribution in [-0.4, -0.2) is 32.3 Å². The minimum Gasteiger partial charge on any atom is -0.345 e. The standard InChI is InChI=1S/C20H19ClFN5O2S/c1-2-27-17(11-23-19(29)15-5-3-4-6-16(15)21)25-26-20(27)30-12-18(28)24-14-9-7-13(22)8-10-14/h3-10H,2,11-12H2,1H3,(H,23,29)(H,24,28). The van der Waals surface area contributed by atoms with Gasteiger partial charge >= 0.3 is 0 Å². The van der Waals surface area contributed by atoms with Gasteiger partial charge in [0.05, 0.1) is 22.9 Å². The maximum absolute atomic E-state index is 12.9. The normalized spacial score (nSPS) is 10.6. The van der Waals surface area contributed by atoms with Gasteiger partial charge in [-0.05, 0) is 43.3 Å². The Balaban J connectivity index is 1.57. The number of aromatic nitrogens is 3. The molecule has 0 aliphatic heterocycles. The third-order valence-corrected chi connectivity index (χ3v) is 5.39. The highest BCUT2D eigenvalue weighted by Crippen LogP contribution is 2.19. The number of amides is 2. The number of hydrogen-bond acceptors (Lipinski definition) is 5. The summed E-state index contributed by atoms with van der Waals surface area (Å²) in [6.45, 7) is 2.67. The van der Waals surface area contributed by atoms with Crippen LogP contribution in [0.1, 0.15) is 23.1 Å². The van der Waals surface area contributed by atoms with Crippen molar-refractivity contribution in [3.8, 4) is 0 Å². The fraction of sp³-hybridized carbons (Fsp3) is 0.200. The van der Waals surface area contributed by atoms with Gasteiger partial charge in [0.25, 0.3) is 5.91 Å². The van der Waals surface area contributed by atoms with E-state index in [1.165, 1.54) is 36.0 Å². The first-order valence-corrected chi connectivity index (χ1v) is 10.5. The molecule has 30 heavy (non-hydrogen) atoms. The average molecular weight is 448 g/mol. The number of rotatable bonds is 8. The molecule has 156 valence electrons. The number of benzene rings is 2. The topological polar surface area (TPSA) is 88.9 Å². The Morgan fingerprint density at radius 3 is 2.57 bits per heavy atom. The van der Waals surface area contributed by atoms with Gasteiger partial charge in [-0.25, -0.2) is 4.39 Å². The Labute approximate surface area is 182 Å². The molecule has 2 aromatic carbocycles. The van der Waals surface area contributed by atoms with Gasteiger partial charge in [-0.1, -0.05) is 35.5 Å². The van der Waals surface area contributed by atoms with Crippen LogP contribution in [0, 0.1) is 5.82 Å². The van der Waals surface area contributed by atoms with E-state index in [9.17, 15) is 14.0 Å². The molecule has 0 aliphatic rings. The smallest absolute Gasteiger partial charge is 0.253 e. The Morgan fingerprint density at radius 1 is 1.13 bits per heavy atom. The molecule has 2 N–H and O–H groups in total. The largest absolute Gasteiger partial charge is 0.345 e. The van der Waals surface area contributed by atoms with Crippen molar-refractivity contribution in [3.63, 3.8) is 0 Å². The molecule has 0 aliphatic carbocycles. The van der Waals surface area contributed by atoms with Gasteiger partial charge in [0.2, 0.25) is 5.91 Å². The van der Waals surface area contributed by atoms with E-state index in [0.717, 1.165) is 0 Å². The minimum atomic E-state index is -0.368. The highest BCUT2D eigenvalue weighted by atomic mass is 35.5. The van der Waals surface area contributed by atoms with Crippen LogP contribution in [-0.2, 0) is 17.9 Å². The van der Waals surface area contributed by atoms with Gasteiger partial charge in [0.15, 0.2) is 11.0 Å². The summed E-state index contributed by atoms with van der Waals surface area (Å²) in [5.41, 5.74) is 0.899. The number of halogens is 2. The summed E-state index contributed by atoms with van der Waals surface area (Å²) < 4.78 is 14.8. The molecule has 7 nitrogen and oxygen atoms in total. The summed E-state index contributed by atoms with van der Waals surface area (Å²) in [5, 5.41) is 14.6. The molecule has 2 amide bonds. The van der Waals surface area contributed by atoms with E-state index >= 15 is 0 Å². The lowest BCUT2D eigenvalue weighted by atomic mass is 10.2. The number of nitrogens with one attached hydrogen (secondary N) is 2. The first-order chi connectivity index (χ1) is 14.5. The van der Waals surface area contributed by atoms with Gasteiger partial charge in [-0.3, -0.25) is 9.59 Å². The summed E-state index contributed by atoms with van der Waals surface area (Å²) in [6, 6.07) is 12.3. The zero-order valence-electron chi connectivity index (χ0n) is 16.1. The SMILES string of the molecule is CCn1c(CNC(=O)c2ccccc2Cl)nnc1SCC(=O)Nc1ccc(F)cc1. The average Bonchev–Trinajstić information content (AvgIpc) is 3.14. The molecule has 3 rings (SSSR count). The van der Waals surface area contributed by atoms with Gasteiger partial charge < -0.3 is 15.2 Å². The molecule has 1 aromatic heterocycles. The predicted molar refractivity (Wildman–Crippen MR) is 114 cm³/mol. The van der Waals surface area contributed by atoms with E-state index in [4.69, 9.17) is 11.6 Å². The number of carbonyl (C=O) groups is 2. The van der Waals surface area contributed by atoms with E-state index < -0.39 is 0 Å². The lowest BCUT2D eigenvalue weighted by molar-refractivity contribution is -0.113. The Morgan fingerprint density at radius 2 is 1.87 bits per heavy atom. The van der Waals surface area contributed by atoms with E-state index in [-0.39, 0.29) is 29.9 Å². The number of anilines is 1. The van der Waals surface area contributed by atoms with Crippen LogP contribution in [0.25, 0.3) is 0 Å². The quantitative estimate of drug-likeness (QED) is 0.513. The van der Waals surface area contributed by atoms with Crippen molar-refractivity contribution in [2.75, 3.05) is 11.1 Å². The van der Waals surface area contributed by atoms with Crippen LogP contribution < -0.4 is 10.6 Å². The van der Waals surface area contributed by atoms with Crippen molar-refractivity contribution in [2.45, 2.75) is 25.2 Å². The third-order valence-electron chi connectivity index (χ3n) is 4.10. The first kappa shape index (κ1) is 21.8. The molecular weight excluding hydrogens is 429 g/mol. The molecule has 3 aromatic rings.